The molecule has 1 amide bonds. The minimum atomic E-state index is -0.150. The molecule has 0 saturated heterocycles. The maximum Gasteiger partial charge on any atom is 0.271 e. The SMILES string of the molecule is O=C(NCCc1ccncc1)c1cn2ccccc2n1. The zero-order valence-corrected chi connectivity index (χ0v) is 10.9. The summed E-state index contributed by atoms with van der Waals surface area (Å²) in [5, 5.41) is 2.87. The third kappa shape index (κ3) is 2.66. The Morgan fingerprint density at radius 1 is 1.20 bits per heavy atom. The largest absolute Gasteiger partial charge is 0.350 e. The van der Waals surface area contributed by atoms with Crippen molar-refractivity contribution < 1.29 is 4.79 Å². The molecule has 3 aromatic rings. The highest BCUT2D eigenvalue weighted by atomic mass is 16.1. The Kier molecular flexibility index (Phi) is 3.41. The van der Waals surface area contributed by atoms with E-state index in [-0.39, 0.29) is 5.91 Å². The summed E-state index contributed by atoms with van der Waals surface area (Å²) in [6, 6.07) is 9.55. The molecule has 0 saturated carbocycles. The first kappa shape index (κ1) is 12.3. The van der Waals surface area contributed by atoms with Gasteiger partial charge in [0.15, 0.2) is 0 Å². The summed E-state index contributed by atoms with van der Waals surface area (Å²) in [5.74, 6) is -0.150. The summed E-state index contributed by atoms with van der Waals surface area (Å²) in [4.78, 5) is 20.2. The molecule has 0 aromatic carbocycles. The molecule has 20 heavy (non-hydrogen) atoms. The van der Waals surface area contributed by atoms with Gasteiger partial charge in [0.2, 0.25) is 0 Å². The quantitative estimate of drug-likeness (QED) is 0.782. The van der Waals surface area contributed by atoms with Crippen LogP contribution in [0.1, 0.15) is 16.1 Å². The third-order valence-electron chi connectivity index (χ3n) is 3.05. The Labute approximate surface area is 116 Å². The highest BCUT2D eigenvalue weighted by Crippen LogP contribution is 2.04. The summed E-state index contributed by atoms with van der Waals surface area (Å²) in [6.45, 7) is 0.580. The molecule has 3 heterocycles. The van der Waals surface area contributed by atoms with Gasteiger partial charge in [0.1, 0.15) is 11.3 Å². The number of nitrogens with one attached hydrogen (secondary N) is 1. The number of hydrogen-bond acceptors (Lipinski definition) is 3. The number of aromatic nitrogens is 3. The van der Waals surface area contributed by atoms with Crippen molar-refractivity contribution in [1.29, 1.82) is 0 Å². The predicted molar refractivity (Wildman–Crippen MR) is 75.5 cm³/mol. The van der Waals surface area contributed by atoms with Gasteiger partial charge >= 0.3 is 0 Å². The smallest absolute Gasteiger partial charge is 0.271 e. The van der Waals surface area contributed by atoms with E-state index in [0.29, 0.717) is 12.2 Å². The van der Waals surface area contributed by atoms with E-state index in [0.717, 1.165) is 17.6 Å². The van der Waals surface area contributed by atoms with E-state index in [9.17, 15) is 4.79 Å². The maximum absolute atomic E-state index is 12.0. The number of carbonyl (C=O) groups excluding carboxylic acids is 1. The van der Waals surface area contributed by atoms with Gasteiger partial charge in [0.25, 0.3) is 5.91 Å². The average Bonchev–Trinajstić information content (AvgIpc) is 2.92. The van der Waals surface area contributed by atoms with Crippen molar-refractivity contribution in [2.24, 2.45) is 0 Å². The van der Waals surface area contributed by atoms with Gasteiger partial charge in [-0.15, -0.1) is 0 Å². The second kappa shape index (κ2) is 5.52. The Bertz CT molecular complexity index is 688. The highest BCUT2D eigenvalue weighted by molar-refractivity contribution is 5.92. The number of carbonyl (C=O) groups is 1. The summed E-state index contributed by atoms with van der Waals surface area (Å²) < 4.78 is 1.83. The van der Waals surface area contributed by atoms with Crippen LogP contribution < -0.4 is 5.32 Å². The van der Waals surface area contributed by atoms with Crippen LogP contribution in [-0.2, 0) is 6.42 Å². The van der Waals surface area contributed by atoms with Crippen LogP contribution in [0.25, 0.3) is 5.65 Å². The zero-order chi connectivity index (χ0) is 13.8. The van der Waals surface area contributed by atoms with E-state index in [1.54, 1.807) is 18.6 Å². The van der Waals surface area contributed by atoms with Crippen LogP contribution in [0.2, 0.25) is 0 Å². The lowest BCUT2D eigenvalue weighted by Crippen LogP contribution is -2.25. The summed E-state index contributed by atoms with van der Waals surface area (Å²) in [5.41, 5.74) is 2.35. The molecular weight excluding hydrogens is 252 g/mol. The van der Waals surface area contributed by atoms with Crippen LogP contribution in [0, 0.1) is 0 Å². The van der Waals surface area contributed by atoms with Crippen LogP contribution in [0.3, 0.4) is 0 Å². The number of imidazole rings is 1. The normalized spacial score (nSPS) is 10.6. The standard InChI is InChI=1S/C15H14N4O/c20-15(17-9-6-12-4-7-16-8-5-12)13-11-19-10-2-1-3-14(19)18-13/h1-5,7-8,10-11H,6,9H2,(H,17,20). The van der Waals surface area contributed by atoms with Gasteiger partial charge in [0.05, 0.1) is 0 Å². The summed E-state index contributed by atoms with van der Waals surface area (Å²) in [7, 11) is 0. The molecule has 0 radical (unpaired) electrons. The van der Waals surface area contributed by atoms with Crippen molar-refractivity contribution in [2.75, 3.05) is 6.54 Å². The van der Waals surface area contributed by atoms with Crippen molar-refractivity contribution >= 4 is 11.6 Å². The van der Waals surface area contributed by atoms with E-state index >= 15 is 0 Å². The molecule has 0 spiro atoms. The van der Waals surface area contributed by atoms with E-state index in [1.807, 2.05) is 40.9 Å². The molecule has 0 unspecified atom stereocenters. The number of pyridine rings is 2. The minimum absolute atomic E-state index is 0.150. The van der Waals surface area contributed by atoms with Crippen molar-refractivity contribution in [3.8, 4) is 0 Å². The van der Waals surface area contributed by atoms with Crippen LogP contribution in [0.15, 0.2) is 55.1 Å². The molecule has 0 fully saturated rings. The number of fused-ring (bicyclic) bond motifs is 1. The van der Waals surface area contributed by atoms with E-state index in [4.69, 9.17) is 0 Å². The first-order valence-corrected chi connectivity index (χ1v) is 6.44. The number of hydrogen-bond donors (Lipinski definition) is 1. The van der Waals surface area contributed by atoms with Crippen LogP contribution in [-0.4, -0.2) is 26.8 Å². The molecule has 0 aliphatic rings. The number of nitrogens with zero attached hydrogens (tertiary/aromatic N) is 3. The molecule has 5 heteroatoms. The lowest BCUT2D eigenvalue weighted by molar-refractivity contribution is 0.0950. The van der Waals surface area contributed by atoms with Crippen molar-refractivity contribution in [3.63, 3.8) is 0 Å². The monoisotopic (exact) mass is 266 g/mol. The van der Waals surface area contributed by atoms with E-state index in [2.05, 4.69) is 15.3 Å². The van der Waals surface area contributed by atoms with Gasteiger partial charge in [0, 0.05) is 31.3 Å². The van der Waals surface area contributed by atoms with Crippen molar-refractivity contribution in [1.82, 2.24) is 19.7 Å². The molecule has 1 N–H and O–H groups in total. The van der Waals surface area contributed by atoms with Gasteiger partial charge < -0.3 is 9.72 Å². The van der Waals surface area contributed by atoms with Crippen LogP contribution >= 0.6 is 0 Å². The Morgan fingerprint density at radius 2 is 2.05 bits per heavy atom. The first-order chi connectivity index (χ1) is 9.83. The number of amides is 1. The second-order valence-corrected chi connectivity index (χ2v) is 4.45. The first-order valence-electron chi connectivity index (χ1n) is 6.44. The molecule has 100 valence electrons. The van der Waals surface area contributed by atoms with Gasteiger partial charge in [-0.05, 0) is 36.2 Å². The lowest BCUT2D eigenvalue weighted by atomic mass is 10.2. The van der Waals surface area contributed by atoms with Gasteiger partial charge in [-0.3, -0.25) is 9.78 Å². The lowest BCUT2D eigenvalue weighted by Gasteiger charge is -2.02. The molecule has 0 bridgehead atoms. The van der Waals surface area contributed by atoms with Gasteiger partial charge in [-0.25, -0.2) is 4.98 Å². The molecule has 0 aliphatic heterocycles. The fourth-order valence-electron chi connectivity index (χ4n) is 2.00. The van der Waals surface area contributed by atoms with Crippen LogP contribution in [0.5, 0.6) is 0 Å². The predicted octanol–water partition coefficient (Wildman–Crippen LogP) is 1.70. The van der Waals surface area contributed by atoms with Gasteiger partial charge in [-0.2, -0.15) is 0 Å². The molecular formula is C15H14N4O. The third-order valence-corrected chi connectivity index (χ3v) is 3.05. The van der Waals surface area contributed by atoms with Crippen molar-refractivity contribution in [2.45, 2.75) is 6.42 Å². The average molecular weight is 266 g/mol. The number of rotatable bonds is 4. The van der Waals surface area contributed by atoms with E-state index in [1.165, 1.54) is 0 Å². The molecule has 0 aliphatic carbocycles. The van der Waals surface area contributed by atoms with Crippen molar-refractivity contribution in [3.05, 3.63) is 66.4 Å². The Hall–Kier alpha value is -2.69. The Morgan fingerprint density at radius 3 is 2.85 bits per heavy atom. The second-order valence-electron chi connectivity index (χ2n) is 4.45. The molecule has 5 nitrogen and oxygen atoms in total. The summed E-state index contributed by atoms with van der Waals surface area (Å²) in [6.07, 6.45) is 7.88. The minimum Gasteiger partial charge on any atom is -0.350 e. The molecule has 3 rings (SSSR count). The highest BCUT2D eigenvalue weighted by Gasteiger charge is 2.09. The fraction of sp³-hybridized carbons (Fsp3) is 0.133. The Balaban J connectivity index is 1.61. The summed E-state index contributed by atoms with van der Waals surface area (Å²) >= 11 is 0. The van der Waals surface area contributed by atoms with Gasteiger partial charge in [-0.1, -0.05) is 6.07 Å². The maximum atomic E-state index is 12.0. The van der Waals surface area contributed by atoms with E-state index < -0.39 is 0 Å². The molecule has 3 aromatic heterocycles. The zero-order valence-electron chi connectivity index (χ0n) is 10.9. The topological polar surface area (TPSA) is 59.3 Å². The molecule has 0 atom stereocenters. The van der Waals surface area contributed by atoms with Crippen LogP contribution in [0.4, 0.5) is 0 Å². The fourth-order valence-corrected chi connectivity index (χ4v) is 2.00.